The molecular weight excluding hydrogens is 225 g/mol. The largest absolute Gasteiger partial charge is 0.390 e. The van der Waals surface area contributed by atoms with Crippen molar-refractivity contribution in [3.05, 3.63) is 15.6 Å². The van der Waals surface area contributed by atoms with Crippen molar-refractivity contribution < 1.29 is 13.2 Å². The Labute approximate surface area is 90.5 Å². The van der Waals surface area contributed by atoms with Crippen LogP contribution in [0.1, 0.15) is 22.0 Å². The molecule has 0 saturated carbocycles. The molecule has 0 aromatic carbocycles. The molecule has 1 N–H and O–H groups in total. The van der Waals surface area contributed by atoms with Gasteiger partial charge in [-0.3, -0.25) is 0 Å². The SMILES string of the molecule is Cc1nc(CNCCC(F)(F)F)sc1C. The summed E-state index contributed by atoms with van der Waals surface area (Å²) in [5, 5.41) is 3.57. The summed E-state index contributed by atoms with van der Waals surface area (Å²) in [6, 6.07) is 0. The third kappa shape index (κ3) is 4.61. The predicted molar refractivity (Wildman–Crippen MR) is 54.0 cm³/mol. The Hall–Kier alpha value is -0.620. The van der Waals surface area contributed by atoms with Gasteiger partial charge in [0.25, 0.3) is 0 Å². The van der Waals surface area contributed by atoms with Crippen LogP contribution in [0.5, 0.6) is 0 Å². The molecule has 2 nitrogen and oxygen atoms in total. The lowest BCUT2D eigenvalue weighted by atomic mass is 10.4. The minimum absolute atomic E-state index is 0.0544. The summed E-state index contributed by atoms with van der Waals surface area (Å²) >= 11 is 1.52. The Kier molecular flexibility index (Phi) is 4.10. The predicted octanol–water partition coefficient (Wildman–Crippen LogP) is 2.80. The fraction of sp³-hybridized carbons (Fsp3) is 0.667. The molecule has 1 rings (SSSR count). The first-order valence-electron chi connectivity index (χ1n) is 4.59. The summed E-state index contributed by atoms with van der Waals surface area (Å²) < 4.78 is 35.4. The molecular formula is C9H13F3N2S. The van der Waals surface area contributed by atoms with Gasteiger partial charge in [0, 0.05) is 18.0 Å². The Bertz CT molecular complexity index is 300. The van der Waals surface area contributed by atoms with E-state index in [0.29, 0.717) is 6.54 Å². The third-order valence-electron chi connectivity index (χ3n) is 1.93. The second kappa shape index (κ2) is 4.94. The van der Waals surface area contributed by atoms with Gasteiger partial charge in [-0.25, -0.2) is 4.98 Å². The standard InChI is InChI=1S/C9H13F3N2S/c1-6-7(2)15-8(14-6)5-13-4-3-9(10,11)12/h13H,3-5H2,1-2H3. The summed E-state index contributed by atoms with van der Waals surface area (Å²) in [7, 11) is 0. The van der Waals surface area contributed by atoms with Crippen LogP contribution in [0.15, 0.2) is 0 Å². The molecule has 0 amide bonds. The first-order valence-corrected chi connectivity index (χ1v) is 5.40. The number of aromatic nitrogens is 1. The van der Waals surface area contributed by atoms with Crippen LogP contribution in [0.4, 0.5) is 13.2 Å². The number of thiazole rings is 1. The molecule has 6 heteroatoms. The van der Waals surface area contributed by atoms with E-state index in [2.05, 4.69) is 10.3 Å². The highest BCUT2D eigenvalue weighted by molar-refractivity contribution is 7.11. The molecule has 1 heterocycles. The average Bonchev–Trinajstić information content (AvgIpc) is 2.39. The fourth-order valence-corrected chi connectivity index (χ4v) is 1.94. The van der Waals surface area contributed by atoms with E-state index >= 15 is 0 Å². The molecule has 1 aromatic heterocycles. The van der Waals surface area contributed by atoms with Crippen LogP contribution in [-0.4, -0.2) is 17.7 Å². The topological polar surface area (TPSA) is 24.9 Å². The highest BCUT2D eigenvalue weighted by Crippen LogP contribution is 2.19. The van der Waals surface area contributed by atoms with E-state index in [1.807, 2.05) is 13.8 Å². The Morgan fingerprint density at radius 3 is 2.47 bits per heavy atom. The molecule has 0 unspecified atom stereocenters. The van der Waals surface area contributed by atoms with Crippen LogP contribution in [0, 0.1) is 13.8 Å². The lowest BCUT2D eigenvalue weighted by Crippen LogP contribution is -2.21. The second-order valence-corrected chi connectivity index (χ2v) is 4.58. The van der Waals surface area contributed by atoms with Gasteiger partial charge in [-0.2, -0.15) is 13.2 Å². The number of nitrogens with one attached hydrogen (secondary N) is 1. The first kappa shape index (κ1) is 12.4. The van der Waals surface area contributed by atoms with Crippen molar-refractivity contribution >= 4 is 11.3 Å². The smallest absolute Gasteiger partial charge is 0.310 e. The fourth-order valence-electron chi connectivity index (χ4n) is 1.04. The van der Waals surface area contributed by atoms with Gasteiger partial charge in [0.15, 0.2) is 0 Å². The van der Waals surface area contributed by atoms with Crippen LogP contribution in [-0.2, 0) is 6.54 Å². The minimum atomic E-state index is -4.08. The quantitative estimate of drug-likeness (QED) is 0.816. The van der Waals surface area contributed by atoms with E-state index < -0.39 is 12.6 Å². The van der Waals surface area contributed by atoms with Gasteiger partial charge in [0.1, 0.15) is 5.01 Å². The maximum Gasteiger partial charge on any atom is 0.390 e. The molecule has 0 aliphatic carbocycles. The maximum absolute atomic E-state index is 11.8. The van der Waals surface area contributed by atoms with E-state index in [1.165, 1.54) is 11.3 Å². The molecule has 0 aliphatic heterocycles. The number of aryl methyl sites for hydroxylation is 2. The van der Waals surface area contributed by atoms with Crippen molar-refractivity contribution in [1.82, 2.24) is 10.3 Å². The van der Waals surface area contributed by atoms with Crippen molar-refractivity contribution in [3.63, 3.8) is 0 Å². The van der Waals surface area contributed by atoms with Crippen molar-refractivity contribution in [1.29, 1.82) is 0 Å². The van der Waals surface area contributed by atoms with Crippen LogP contribution < -0.4 is 5.32 Å². The number of rotatable bonds is 4. The number of nitrogens with zero attached hydrogens (tertiary/aromatic N) is 1. The van der Waals surface area contributed by atoms with Crippen LogP contribution in [0.2, 0.25) is 0 Å². The van der Waals surface area contributed by atoms with Gasteiger partial charge in [-0.15, -0.1) is 11.3 Å². The molecule has 86 valence electrons. The summed E-state index contributed by atoms with van der Waals surface area (Å²) in [5.74, 6) is 0. The van der Waals surface area contributed by atoms with Crippen molar-refractivity contribution in [2.45, 2.75) is 33.0 Å². The van der Waals surface area contributed by atoms with E-state index in [1.54, 1.807) is 0 Å². The van der Waals surface area contributed by atoms with Gasteiger partial charge in [0.2, 0.25) is 0 Å². The minimum Gasteiger partial charge on any atom is -0.310 e. The van der Waals surface area contributed by atoms with E-state index in [4.69, 9.17) is 0 Å². The molecule has 15 heavy (non-hydrogen) atoms. The average molecular weight is 238 g/mol. The Morgan fingerprint density at radius 1 is 1.33 bits per heavy atom. The Balaban J connectivity index is 2.26. The summed E-state index contributed by atoms with van der Waals surface area (Å²) in [4.78, 5) is 5.33. The zero-order valence-electron chi connectivity index (χ0n) is 8.61. The van der Waals surface area contributed by atoms with Gasteiger partial charge in [-0.1, -0.05) is 0 Å². The Morgan fingerprint density at radius 2 is 2.00 bits per heavy atom. The van der Waals surface area contributed by atoms with Crippen LogP contribution >= 0.6 is 11.3 Å². The number of alkyl halides is 3. The van der Waals surface area contributed by atoms with Crippen molar-refractivity contribution in [2.24, 2.45) is 0 Å². The number of hydrogen-bond donors (Lipinski definition) is 1. The molecule has 1 aromatic rings. The monoisotopic (exact) mass is 238 g/mol. The number of halogens is 3. The highest BCUT2D eigenvalue weighted by atomic mass is 32.1. The summed E-state index contributed by atoms with van der Waals surface area (Å²) in [6.45, 7) is 4.20. The summed E-state index contributed by atoms with van der Waals surface area (Å²) in [6.07, 6.45) is -4.88. The molecule has 0 atom stereocenters. The first-order chi connectivity index (χ1) is 6.88. The second-order valence-electron chi connectivity index (χ2n) is 3.29. The lowest BCUT2D eigenvalue weighted by molar-refractivity contribution is -0.133. The zero-order chi connectivity index (χ0) is 11.5. The molecule has 0 bridgehead atoms. The van der Waals surface area contributed by atoms with E-state index in [9.17, 15) is 13.2 Å². The molecule has 0 radical (unpaired) electrons. The highest BCUT2D eigenvalue weighted by Gasteiger charge is 2.25. The van der Waals surface area contributed by atoms with Gasteiger partial charge >= 0.3 is 6.18 Å². The van der Waals surface area contributed by atoms with E-state index in [0.717, 1.165) is 15.6 Å². The molecule has 0 fully saturated rings. The third-order valence-corrected chi connectivity index (χ3v) is 3.01. The van der Waals surface area contributed by atoms with Crippen molar-refractivity contribution in [3.8, 4) is 0 Å². The van der Waals surface area contributed by atoms with E-state index in [-0.39, 0.29) is 6.54 Å². The molecule has 0 spiro atoms. The zero-order valence-corrected chi connectivity index (χ0v) is 9.43. The lowest BCUT2D eigenvalue weighted by Gasteiger charge is -2.05. The number of hydrogen-bond acceptors (Lipinski definition) is 3. The maximum atomic E-state index is 11.8. The van der Waals surface area contributed by atoms with Crippen LogP contribution in [0.3, 0.4) is 0 Å². The van der Waals surface area contributed by atoms with Crippen molar-refractivity contribution in [2.75, 3.05) is 6.54 Å². The van der Waals surface area contributed by atoms with Crippen LogP contribution in [0.25, 0.3) is 0 Å². The molecule has 0 aliphatic rings. The van der Waals surface area contributed by atoms with Gasteiger partial charge in [-0.05, 0) is 13.8 Å². The summed E-state index contributed by atoms with van der Waals surface area (Å²) in [5.41, 5.74) is 0.952. The normalized spacial score (nSPS) is 12.1. The molecule has 0 saturated heterocycles. The van der Waals surface area contributed by atoms with Gasteiger partial charge in [0.05, 0.1) is 12.1 Å². The van der Waals surface area contributed by atoms with Gasteiger partial charge < -0.3 is 5.32 Å².